The van der Waals surface area contributed by atoms with E-state index in [4.69, 9.17) is 5.26 Å². The number of amides is 1. The zero-order valence-electron chi connectivity index (χ0n) is 13.8. The number of carbonyl (C=O) groups is 1. The van der Waals surface area contributed by atoms with E-state index in [0.717, 1.165) is 5.56 Å². The average Bonchev–Trinajstić information content (AvgIpc) is 2.90. The lowest BCUT2D eigenvalue weighted by atomic mass is 10.3. The number of nitrogens with zero attached hydrogens (tertiary/aromatic N) is 5. The molecule has 0 spiro atoms. The van der Waals surface area contributed by atoms with Gasteiger partial charge in [-0.3, -0.25) is 14.0 Å². The Balaban J connectivity index is 2.21. The minimum Gasteiger partial charge on any atom is -0.339 e. The molecule has 3 heterocycles. The van der Waals surface area contributed by atoms with E-state index < -0.39 is 0 Å². The zero-order valence-corrected chi connectivity index (χ0v) is 13.8. The molecule has 0 aliphatic heterocycles. The Bertz CT molecular complexity index is 1050. The first kappa shape index (κ1) is 15.7. The summed E-state index contributed by atoms with van der Waals surface area (Å²) in [6.45, 7) is 2.22. The number of hydrogen-bond donors (Lipinski definition) is 0. The fourth-order valence-corrected chi connectivity index (χ4v) is 2.75. The summed E-state index contributed by atoms with van der Waals surface area (Å²) in [6, 6.07) is 7.27. The molecule has 0 saturated heterocycles. The lowest BCUT2D eigenvalue weighted by Gasteiger charge is -2.15. The highest BCUT2D eigenvalue weighted by molar-refractivity contribution is 5.98. The molecule has 0 aliphatic rings. The van der Waals surface area contributed by atoms with Crippen molar-refractivity contribution < 1.29 is 4.79 Å². The highest BCUT2D eigenvalue weighted by Gasteiger charge is 2.20. The van der Waals surface area contributed by atoms with E-state index in [1.165, 1.54) is 9.30 Å². The average molecular weight is 323 g/mol. The molecule has 3 aromatic heterocycles. The van der Waals surface area contributed by atoms with Crippen LogP contribution in [-0.2, 0) is 7.05 Å². The van der Waals surface area contributed by atoms with Gasteiger partial charge in [-0.1, -0.05) is 6.07 Å². The molecule has 3 aromatic rings. The minimum atomic E-state index is -0.240. The second kappa shape index (κ2) is 5.81. The van der Waals surface area contributed by atoms with Gasteiger partial charge in [-0.25, -0.2) is 4.98 Å². The molecule has 7 heteroatoms. The van der Waals surface area contributed by atoms with Crippen LogP contribution in [0.5, 0.6) is 0 Å². The van der Waals surface area contributed by atoms with Gasteiger partial charge in [0.15, 0.2) is 0 Å². The number of aryl methyl sites for hydroxylation is 2. The molecule has 3 rings (SSSR count). The Morgan fingerprint density at radius 2 is 2.17 bits per heavy atom. The fourth-order valence-electron chi connectivity index (χ4n) is 2.75. The van der Waals surface area contributed by atoms with Crippen LogP contribution in [0.15, 0.2) is 29.2 Å². The molecule has 7 nitrogen and oxygen atoms in total. The number of pyridine rings is 1. The van der Waals surface area contributed by atoms with Crippen molar-refractivity contribution >= 4 is 22.6 Å². The largest absolute Gasteiger partial charge is 0.339 e. The third-order valence-electron chi connectivity index (χ3n) is 4.15. The number of fused-ring (bicyclic) bond motifs is 2. The summed E-state index contributed by atoms with van der Waals surface area (Å²) in [7, 11) is 3.35. The maximum atomic E-state index is 12.7. The van der Waals surface area contributed by atoms with Crippen LogP contribution >= 0.6 is 0 Å². The van der Waals surface area contributed by atoms with E-state index >= 15 is 0 Å². The molecule has 0 N–H and O–H groups in total. The normalized spacial score (nSPS) is 10.9. The van der Waals surface area contributed by atoms with E-state index in [9.17, 15) is 9.59 Å². The van der Waals surface area contributed by atoms with Crippen LogP contribution in [0.2, 0.25) is 0 Å². The van der Waals surface area contributed by atoms with Gasteiger partial charge in [0.1, 0.15) is 17.0 Å². The third kappa shape index (κ3) is 2.33. The minimum absolute atomic E-state index is 0.201. The standard InChI is InChI=1S/C17H17N5O2/c1-11-6-4-9-22-14(11)19-15-12(16(22)23)10-13(21(15)3)17(24)20(2)8-5-7-18/h4,6,9-10H,5,8H2,1-3H3. The topological polar surface area (TPSA) is 83.4 Å². The second-order valence-electron chi connectivity index (χ2n) is 5.76. The van der Waals surface area contributed by atoms with E-state index in [1.807, 2.05) is 19.1 Å². The molecule has 0 aromatic carbocycles. The van der Waals surface area contributed by atoms with Crippen molar-refractivity contribution in [3.8, 4) is 6.07 Å². The monoisotopic (exact) mass is 323 g/mol. The van der Waals surface area contributed by atoms with Gasteiger partial charge in [0.2, 0.25) is 0 Å². The van der Waals surface area contributed by atoms with Crippen LogP contribution in [0.4, 0.5) is 0 Å². The lowest BCUT2D eigenvalue weighted by Crippen LogP contribution is -2.29. The molecule has 0 unspecified atom stereocenters. The number of carbonyl (C=O) groups excluding carboxylic acids is 1. The molecule has 0 radical (unpaired) electrons. The first-order valence-corrected chi connectivity index (χ1v) is 7.55. The molecule has 122 valence electrons. The summed E-state index contributed by atoms with van der Waals surface area (Å²) in [4.78, 5) is 31.3. The summed E-state index contributed by atoms with van der Waals surface area (Å²) in [5, 5.41) is 9.06. The molecule has 0 fully saturated rings. The highest BCUT2D eigenvalue weighted by atomic mass is 16.2. The van der Waals surface area contributed by atoms with Crippen LogP contribution < -0.4 is 5.56 Å². The van der Waals surface area contributed by atoms with E-state index in [1.54, 1.807) is 37.0 Å². The molecule has 24 heavy (non-hydrogen) atoms. The predicted molar refractivity (Wildman–Crippen MR) is 89.9 cm³/mol. The number of aromatic nitrogens is 3. The Morgan fingerprint density at radius 3 is 2.88 bits per heavy atom. The maximum absolute atomic E-state index is 12.7. The molecule has 0 aliphatic carbocycles. The van der Waals surface area contributed by atoms with Gasteiger partial charge in [0, 0.05) is 26.8 Å². The van der Waals surface area contributed by atoms with Gasteiger partial charge < -0.3 is 9.47 Å². The van der Waals surface area contributed by atoms with Crippen molar-refractivity contribution in [1.82, 2.24) is 18.9 Å². The highest BCUT2D eigenvalue weighted by Crippen LogP contribution is 2.17. The van der Waals surface area contributed by atoms with Gasteiger partial charge >= 0.3 is 0 Å². The Labute approximate surface area is 138 Å². The number of nitriles is 1. The second-order valence-corrected chi connectivity index (χ2v) is 5.76. The summed E-state index contributed by atoms with van der Waals surface area (Å²) < 4.78 is 3.12. The first-order chi connectivity index (χ1) is 11.5. The van der Waals surface area contributed by atoms with Crippen LogP contribution in [0.3, 0.4) is 0 Å². The lowest BCUT2D eigenvalue weighted by molar-refractivity contribution is 0.0789. The van der Waals surface area contributed by atoms with Crippen molar-refractivity contribution in [2.45, 2.75) is 13.3 Å². The third-order valence-corrected chi connectivity index (χ3v) is 4.15. The van der Waals surface area contributed by atoms with Crippen LogP contribution in [0, 0.1) is 18.3 Å². The zero-order chi connectivity index (χ0) is 17.4. The quantitative estimate of drug-likeness (QED) is 0.731. The van der Waals surface area contributed by atoms with Crippen molar-refractivity contribution in [3.05, 3.63) is 46.0 Å². The van der Waals surface area contributed by atoms with Gasteiger partial charge in [0.25, 0.3) is 11.5 Å². The fraction of sp³-hybridized carbons (Fsp3) is 0.294. The van der Waals surface area contributed by atoms with E-state index in [0.29, 0.717) is 28.9 Å². The number of rotatable bonds is 3. The first-order valence-electron chi connectivity index (χ1n) is 7.55. The van der Waals surface area contributed by atoms with E-state index in [2.05, 4.69) is 4.98 Å². The van der Waals surface area contributed by atoms with Crippen molar-refractivity contribution in [2.75, 3.05) is 13.6 Å². The van der Waals surface area contributed by atoms with Gasteiger partial charge in [-0.2, -0.15) is 5.26 Å². The maximum Gasteiger partial charge on any atom is 0.270 e. The van der Waals surface area contributed by atoms with Gasteiger partial charge in [0.05, 0.1) is 17.9 Å². The molecule has 0 saturated carbocycles. The smallest absolute Gasteiger partial charge is 0.270 e. The van der Waals surface area contributed by atoms with Crippen LogP contribution in [0.25, 0.3) is 16.7 Å². The van der Waals surface area contributed by atoms with Crippen LogP contribution in [0.1, 0.15) is 22.5 Å². The van der Waals surface area contributed by atoms with Gasteiger partial charge in [-0.05, 0) is 24.6 Å². The predicted octanol–water partition coefficient (Wildman–Crippen LogP) is 1.48. The summed E-state index contributed by atoms with van der Waals surface area (Å²) in [5.74, 6) is -0.240. The summed E-state index contributed by atoms with van der Waals surface area (Å²) in [5.41, 5.74) is 2.12. The summed E-state index contributed by atoms with van der Waals surface area (Å²) >= 11 is 0. The summed E-state index contributed by atoms with van der Waals surface area (Å²) in [6.07, 6.45) is 1.93. The number of hydrogen-bond acceptors (Lipinski definition) is 4. The van der Waals surface area contributed by atoms with Gasteiger partial charge in [-0.15, -0.1) is 0 Å². The molecular weight excluding hydrogens is 306 g/mol. The molecule has 1 amide bonds. The Kier molecular flexibility index (Phi) is 3.81. The molecule has 0 bridgehead atoms. The van der Waals surface area contributed by atoms with Crippen LogP contribution in [-0.4, -0.2) is 38.4 Å². The molecular formula is C17H17N5O2. The van der Waals surface area contributed by atoms with Crippen molar-refractivity contribution in [1.29, 1.82) is 5.26 Å². The van der Waals surface area contributed by atoms with Crippen molar-refractivity contribution in [3.63, 3.8) is 0 Å². The Hall–Kier alpha value is -3.14. The molecule has 0 atom stereocenters. The van der Waals surface area contributed by atoms with E-state index in [-0.39, 0.29) is 17.9 Å². The SMILES string of the molecule is Cc1cccn2c(=O)c3cc(C(=O)N(C)CCC#N)n(C)c3nc12. The van der Waals surface area contributed by atoms with Crippen molar-refractivity contribution in [2.24, 2.45) is 7.05 Å². The Morgan fingerprint density at radius 1 is 1.42 bits per heavy atom.